The molecule has 0 bridgehead atoms. The van der Waals surface area contributed by atoms with E-state index in [-0.39, 0.29) is 28.4 Å². The molecule has 4 rings (SSSR count). The lowest BCUT2D eigenvalue weighted by Crippen LogP contribution is -2.49. The molecule has 2 aromatic heterocycles. The number of halogens is 1. The third-order valence-corrected chi connectivity index (χ3v) is 6.58. The Morgan fingerprint density at radius 1 is 1.30 bits per heavy atom. The van der Waals surface area contributed by atoms with E-state index in [1.165, 1.54) is 15.9 Å². The average Bonchev–Trinajstić information content (AvgIpc) is 3.19. The van der Waals surface area contributed by atoms with E-state index >= 15 is 0 Å². The molecule has 7 nitrogen and oxygen atoms in total. The maximum Gasteiger partial charge on any atom is 0.294 e. The standard InChI is InChI=1S/C21H24ClN5O2S/c1-13(2)17-16(22)19(29)27-20(24-17)30-21(25-27)26-11-7-6-10-15(26)18(28)23-12-14-8-4-3-5-9-14/h3-5,8-9,13,15H,6-7,10-12H2,1-2H3,(H,23,28). The Kier molecular flexibility index (Phi) is 6.06. The Morgan fingerprint density at radius 2 is 2.07 bits per heavy atom. The number of hydrogen-bond donors (Lipinski definition) is 1. The summed E-state index contributed by atoms with van der Waals surface area (Å²) >= 11 is 7.55. The van der Waals surface area contributed by atoms with E-state index < -0.39 is 0 Å². The molecule has 1 aliphatic rings. The number of carbonyl (C=O) groups is 1. The quantitative estimate of drug-likeness (QED) is 0.649. The minimum Gasteiger partial charge on any atom is -0.350 e. The molecular weight excluding hydrogens is 422 g/mol. The third-order valence-electron chi connectivity index (χ3n) is 5.28. The molecule has 0 spiro atoms. The second-order valence-electron chi connectivity index (χ2n) is 7.76. The number of nitrogens with zero attached hydrogens (tertiary/aromatic N) is 4. The van der Waals surface area contributed by atoms with Crippen LogP contribution < -0.4 is 15.8 Å². The molecule has 1 aromatic carbocycles. The van der Waals surface area contributed by atoms with Crippen LogP contribution in [0.4, 0.5) is 5.13 Å². The van der Waals surface area contributed by atoms with Crippen molar-refractivity contribution in [3.05, 3.63) is 57.0 Å². The summed E-state index contributed by atoms with van der Waals surface area (Å²) in [6.07, 6.45) is 2.70. The topological polar surface area (TPSA) is 79.6 Å². The van der Waals surface area contributed by atoms with Crippen LogP contribution in [-0.2, 0) is 11.3 Å². The summed E-state index contributed by atoms with van der Waals surface area (Å²) in [6, 6.07) is 9.52. The maximum atomic E-state index is 13.0. The zero-order chi connectivity index (χ0) is 21.3. The fourth-order valence-corrected chi connectivity index (χ4v) is 4.98. The lowest BCUT2D eigenvalue weighted by atomic mass is 10.0. The summed E-state index contributed by atoms with van der Waals surface area (Å²) in [5, 5.41) is 8.24. The van der Waals surface area contributed by atoms with Crippen molar-refractivity contribution in [1.82, 2.24) is 19.9 Å². The predicted molar refractivity (Wildman–Crippen MR) is 120 cm³/mol. The van der Waals surface area contributed by atoms with Gasteiger partial charge >= 0.3 is 0 Å². The molecular formula is C21H24ClN5O2S. The van der Waals surface area contributed by atoms with Gasteiger partial charge in [-0.15, -0.1) is 5.10 Å². The van der Waals surface area contributed by atoms with E-state index in [2.05, 4.69) is 15.4 Å². The first-order valence-electron chi connectivity index (χ1n) is 10.1. The molecule has 158 valence electrons. The van der Waals surface area contributed by atoms with Gasteiger partial charge in [-0.3, -0.25) is 9.59 Å². The SMILES string of the molecule is CC(C)c1nc2sc(N3CCCCC3C(=O)NCc3ccccc3)nn2c(=O)c1Cl. The normalized spacial score (nSPS) is 16.9. The van der Waals surface area contributed by atoms with Gasteiger partial charge in [0.15, 0.2) is 0 Å². The number of aromatic nitrogens is 3. The molecule has 3 heterocycles. The van der Waals surface area contributed by atoms with Gasteiger partial charge in [0.2, 0.25) is 16.0 Å². The second-order valence-corrected chi connectivity index (χ2v) is 9.07. The highest BCUT2D eigenvalue weighted by atomic mass is 35.5. The van der Waals surface area contributed by atoms with Crippen molar-refractivity contribution < 1.29 is 4.79 Å². The van der Waals surface area contributed by atoms with Gasteiger partial charge in [0.1, 0.15) is 11.1 Å². The van der Waals surface area contributed by atoms with Crippen molar-refractivity contribution in [3.63, 3.8) is 0 Å². The second kappa shape index (κ2) is 8.73. The zero-order valence-corrected chi connectivity index (χ0v) is 18.5. The van der Waals surface area contributed by atoms with Crippen molar-refractivity contribution in [2.75, 3.05) is 11.4 Å². The predicted octanol–water partition coefficient (Wildman–Crippen LogP) is 3.60. The molecule has 30 heavy (non-hydrogen) atoms. The van der Waals surface area contributed by atoms with Gasteiger partial charge in [-0.05, 0) is 30.7 Å². The van der Waals surface area contributed by atoms with E-state index in [4.69, 9.17) is 11.6 Å². The maximum absolute atomic E-state index is 13.0. The summed E-state index contributed by atoms with van der Waals surface area (Å²) < 4.78 is 1.25. The molecule has 1 N–H and O–H groups in total. The smallest absolute Gasteiger partial charge is 0.294 e. The van der Waals surface area contributed by atoms with Crippen molar-refractivity contribution in [2.45, 2.75) is 51.6 Å². The van der Waals surface area contributed by atoms with Crippen molar-refractivity contribution in [1.29, 1.82) is 0 Å². The highest BCUT2D eigenvalue weighted by molar-refractivity contribution is 7.20. The van der Waals surface area contributed by atoms with Crippen LogP contribution in [0.3, 0.4) is 0 Å². The number of hydrogen-bond acceptors (Lipinski definition) is 6. The minimum atomic E-state index is -0.366. The molecule has 3 aromatic rings. The molecule has 1 atom stereocenters. The number of amides is 1. The van der Waals surface area contributed by atoms with Gasteiger partial charge in [0.05, 0.1) is 5.69 Å². The van der Waals surface area contributed by atoms with Crippen LogP contribution >= 0.6 is 22.9 Å². The first kappa shape index (κ1) is 20.8. The summed E-state index contributed by atoms with van der Waals surface area (Å²) in [5.74, 6) is 0.00580. The number of fused-ring (bicyclic) bond motifs is 1. The number of nitrogens with one attached hydrogen (secondary N) is 1. The van der Waals surface area contributed by atoms with E-state index in [1.54, 1.807) is 0 Å². The van der Waals surface area contributed by atoms with Crippen LogP contribution in [0.15, 0.2) is 35.1 Å². The largest absolute Gasteiger partial charge is 0.350 e. The lowest BCUT2D eigenvalue weighted by Gasteiger charge is -2.34. The van der Waals surface area contributed by atoms with Gasteiger partial charge in [-0.25, -0.2) is 4.98 Å². The highest BCUT2D eigenvalue weighted by Gasteiger charge is 2.31. The molecule has 1 aliphatic heterocycles. The average molecular weight is 446 g/mol. The molecule has 1 unspecified atom stereocenters. The molecule has 1 amide bonds. The van der Waals surface area contributed by atoms with Crippen LogP contribution in [0.5, 0.6) is 0 Å². The molecule has 0 aliphatic carbocycles. The Balaban J connectivity index is 1.60. The minimum absolute atomic E-state index is 0.0287. The van der Waals surface area contributed by atoms with Crippen molar-refractivity contribution in [2.24, 2.45) is 0 Å². The number of anilines is 1. The number of carbonyl (C=O) groups excluding carboxylic acids is 1. The molecule has 0 saturated carbocycles. The number of rotatable bonds is 5. The summed E-state index contributed by atoms with van der Waals surface area (Å²) in [6.45, 7) is 5.09. The van der Waals surface area contributed by atoms with Gasteiger partial charge in [0.25, 0.3) is 5.56 Å². The van der Waals surface area contributed by atoms with Crippen molar-refractivity contribution in [3.8, 4) is 0 Å². The fraction of sp³-hybridized carbons (Fsp3) is 0.429. The summed E-state index contributed by atoms with van der Waals surface area (Å²) in [7, 11) is 0. The summed E-state index contributed by atoms with van der Waals surface area (Å²) in [4.78, 5) is 32.7. The van der Waals surface area contributed by atoms with Gasteiger partial charge in [0, 0.05) is 13.1 Å². The first-order valence-corrected chi connectivity index (χ1v) is 11.3. The van der Waals surface area contributed by atoms with Crippen molar-refractivity contribution >= 4 is 38.9 Å². The first-order chi connectivity index (χ1) is 14.5. The van der Waals surface area contributed by atoms with E-state index in [0.29, 0.717) is 28.9 Å². The van der Waals surface area contributed by atoms with Crippen LogP contribution in [-0.4, -0.2) is 33.1 Å². The third kappa shape index (κ3) is 4.06. The van der Waals surface area contributed by atoms with Gasteiger partial charge < -0.3 is 10.2 Å². The molecule has 9 heteroatoms. The lowest BCUT2D eigenvalue weighted by molar-refractivity contribution is -0.123. The molecule has 1 saturated heterocycles. The number of piperidine rings is 1. The highest BCUT2D eigenvalue weighted by Crippen LogP contribution is 2.30. The zero-order valence-electron chi connectivity index (χ0n) is 17.0. The van der Waals surface area contributed by atoms with E-state index in [1.807, 2.05) is 49.1 Å². The Bertz CT molecular complexity index is 1110. The van der Waals surface area contributed by atoms with Gasteiger partial charge in [-0.2, -0.15) is 4.52 Å². The van der Waals surface area contributed by atoms with E-state index in [0.717, 1.165) is 24.8 Å². The van der Waals surface area contributed by atoms with Crippen LogP contribution in [0.1, 0.15) is 50.3 Å². The Morgan fingerprint density at radius 3 is 2.80 bits per heavy atom. The summed E-state index contributed by atoms with van der Waals surface area (Å²) in [5.41, 5.74) is 1.27. The van der Waals surface area contributed by atoms with Crippen LogP contribution in [0.2, 0.25) is 5.02 Å². The monoisotopic (exact) mass is 445 g/mol. The van der Waals surface area contributed by atoms with Crippen LogP contribution in [0.25, 0.3) is 4.96 Å². The van der Waals surface area contributed by atoms with Crippen LogP contribution in [0, 0.1) is 0 Å². The number of benzene rings is 1. The van der Waals surface area contributed by atoms with E-state index in [9.17, 15) is 9.59 Å². The fourth-order valence-electron chi connectivity index (χ4n) is 3.67. The van der Waals surface area contributed by atoms with Gasteiger partial charge in [-0.1, -0.05) is 67.1 Å². The Hall–Kier alpha value is -2.45. The molecule has 0 radical (unpaired) electrons. The Labute approximate surface area is 183 Å². The molecule has 1 fully saturated rings.